The van der Waals surface area contributed by atoms with Crippen LogP contribution in [-0.2, 0) is 32.8 Å². The predicted octanol–water partition coefficient (Wildman–Crippen LogP) is 6.26. The van der Waals surface area contributed by atoms with Gasteiger partial charge in [0.25, 0.3) is 0 Å². The van der Waals surface area contributed by atoms with Crippen molar-refractivity contribution in [3.8, 4) is 11.3 Å². The van der Waals surface area contributed by atoms with Crippen LogP contribution in [0.2, 0.25) is 0 Å². The first-order valence-corrected chi connectivity index (χ1v) is 20.3. The molecule has 4 atom stereocenters. The van der Waals surface area contributed by atoms with E-state index >= 15 is 0 Å². The van der Waals surface area contributed by atoms with Crippen LogP contribution in [0.5, 0.6) is 0 Å². The highest BCUT2D eigenvalue weighted by atomic mass is 32.1. The maximum atomic E-state index is 13.8. The van der Waals surface area contributed by atoms with Crippen LogP contribution < -0.4 is 0 Å². The van der Waals surface area contributed by atoms with Crippen LogP contribution in [-0.4, -0.2) is 56.6 Å². The van der Waals surface area contributed by atoms with Crippen LogP contribution in [0.3, 0.4) is 0 Å². The summed E-state index contributed by atoms with van der Waals surface area (Å²) < 4.78 is 48.3. The topological polar surface area (TPSA) is 165 Å². The molecular weight excluding hydrogens is 584 g/mol. The summed E-state index contributed by atoms with van der Waals surface area (Å²) in [6.07, 6.45) is -0.0507. The van der Waals surface area contributed by atoms with Crippen LogP contribution in [0.4, 0.5) is 0 Å². The van der Waals surface area contributed by atoms with E-state index in [1.807, 2.05) is 35.7 Å². The maximum Gasteiger partial charge on any atom is 0.356 e. The third-order valence-electron chi connectivity index (χ3n) is 3.90. The zero-order valence-corrected chi connectivity index (χ0v) is 24.9. The van der Waals surface area contributed by atoms with E-state index in [-0.39, 0.29) is 12.8 Å². The predicted molar refractivity (Wildman–Crippen MR) is 139 cm³/mol. The third kappa shape index (κ3) is 9.54. The molecule has 1 aromatic carbocycles. The number of rotatable bonds is 14. The van der Waals surface area contributed by atoms with Crippen molar-refractivity contribution in [2.24, 2.45) is 0 Å². The molecule has 11 nitrogen and oxygen atoms in total. The van der Waals surface area contributed by atoms with Crippen LogP contribution in [0.1, 0.15) is 11.4 Å². The fraction of sp³-hybridized carbons (Fsp3) is 0.438. The fourth-order valence-corrected chi connectivity index (χ4v) is 15.2. The molecule has 0 saturated carbocycles. The van der Waals surface area contributed by atoms with Crippen molar-refractivity contribution in [2.45, 2.75) is 18.2 Å². The molecule has 34 heavy (non-hydrogen) atoms. The first-order valence-electron chi connectivity index (χ1n) is 9.53. The van der Waals surface area contributed by atoms with E-state index in [0.29, 0.717) is 5.01 Å². The number of thiazole rings is 1. The summed E-state index contributed by atoms with van der Waals surface area (Å²) in [6.45, 7) is 4.92. The highest BCUT2D eigenvalue weighted by molar-refractivity contribution is 7.82. The molecule has 0 aliphatic carbocycles. The van der Waals surface area contributed by atoms with Crippen molar-refractivity contribution >= 4 is 60.0 Å². The number of nitrogens with zero attached hydrogens (tertiary/aromatic N) is 1. The van der Waals surface area contributed by atoms with Crippen molar-refractivity contribution in [3.05, 3.63) is 40.7 Å². The Bertz CT molecular complexity index is 926. The van der Waals surface area contributed by atoms with E-state index in [9.17, 15) is 28.7 Å². The summed E-state index contributed by atoms with van der Waals surface area (Å²) in [5, 5.41) is 0.792. The zero-order chi connectivity index (χ0) is 25.5. The fourth-order valence-electron chi connectivity index (χ4n) is 2.82. The van der Waals surface area contributed by atoms with Crippen LogP contribution in [0.25, 0.3) is 11.3 Å². The highest BCUT2D eigenvalue weighted by Gasteiger charge is 2.54. The first kappa shape index (κ1) is 30.9. The molecule has 2 aromatic rings. The minimum absolute atomic E-state index is 0.135. The molecule has 18 heteroatoms. The molecule has 0 amide bonds. The largest absolute Gasteiger partial charge is 0.356 e. The number of aromatic nitrogens is 1. The molecule has 1 heterocycles. The van der Waals surface area contributed by atoms with Crippen molar-refractivity contribution in [1.29, 1.82) is 0 Å². The summed E-state index contributed by atoms with van der Waals surface area (Å²) in [5.74, 6) is 0. The third-order valence-corrected chi connectivity index (χ3v) is 15.9. The van der Waals surface area contributed by atoms with Crippen molar-refractivity contribution in [1.82, 2.24) is 4.98 Å². The summed E-state index contributed by atoms with van der Waals surface area (Å²) in [7, 11) is -18.2. The summed E-state index contributed by atoms with van der Waals surface area (Å²) in [4.78, 5) is 43.9. The monoisotopic (exact) mass is 611 g/mol. The SMILES string of the molecule is CP(O)OP(=O)(OP(C)O)C(CCc1nc(-c2ccccc2)cs1)P(=O)(OP(C)O)OP(C)O. The number of benzene rings is 1. The lowest BCUT2D eigenvalue weighted by Gasteiger charge is -2.33. The van der Waals surface area contributed by atoms with Crippen molar-refractivity contribution in [3.63, 3.8) is 0 Å². The standard InChI is InChI=1S/C16H27NO10P6S/c1-28(18)24-32(22,25-29(2)19)16(33(23,26-30(3)20)27-31(4)21)11-10-15-17-14(12-34-15)13-8-6-5-7-9-13/h5-9,12,16,18-21H,10-11H2,1-4H3. The van der Waals surface area contributed by atoms with Gasteiger partial charge in [0.1, 0.15) is 0 Å². The molecule has 192 valence electrons. The second-order valence-electron chi connectivity index (χ2n) is 6.77. The van der Waals surface area contributed by atoms with E-state index in [2.05, 4.69) is 4.98 Å². The van der Waals surface area contributed by atoms with Crippen molar-refractivity contribution in [2.75, 3.05) is 26.7 Å². The Morgan fingerprint density at radius 3 is 1.71 bits per heavy atom. The highest BCUT2D eigenvalue weighted by Crippen LogP contribution is 2.80. The van der Waals surface area contributed by atoms with E-state index in [4.69, 9.17) is 17.2 Å². The van der Waals surface area contributed by atoms with Gasteiger partial charge in [-0.1, -0.05) is 30.3 Å². The Balaban J connectivity index is 2.44. The Labute approximate surface area is 207 Å². The molecule has 2 rings (SSSR count). The van der Waals surface area contributed by atoms with Gasteiger partial charge < -0.3 is 19.6 Å². The van der Waals surface area contributed by atoms with Gasteiger partial charge in [-0.15, -0.1) is 11.3 Å². The average Bonchev–Trinajstić information content (AvgIpc) is 3.14. The molecule has 0 spiro atoms. The Morgan fingerprint density at radius 2 is 1.29 bits per heavy atom. The maximum absolute atomic E-state index is 13.8. The number of hydrogen-bond acceptors (Lipinski definition) is 12. The number of aryl methyl sites for hydroxylation is 1. The Morgan fingerprint density at radius 1 is 0.853 bits per heavy atom. The molecule has 0 saturated heterocycles. The molecule has 0 fully saturated rings. The van der Waals surface area contributed by atoms with Gasteiger partial charge in [0.15, 0.2) is 38.9 Å². The zero-order valence-electron chi connectivity index (χ0n) is 18.7. The molecule has 0 aliphatic heterocycles. The van der Waals surface area contributed by atoms with Gasteiger partial charge in [0.2, 0.25) is 0 Å². The van der Waals surface area contributed by atoms with Gasteiger partial charge >= 0.3 is 15.2 Å². The second-order valence-corrected chi connectivity index (χ2v) is 17.9. The smallest absolute Gasteiger partial charge is 0.350 e. The van der Waals surface area contributed by atoms with Crippen LogP contribution >= 0.6 is 60.0 Å². The minimum atomic E-state index is -4.54. The van der Waals surface area contributed by atoms with E-state index in [0.717, 1.165) is 11.3 Å². The molecule has 1 aromatic heterocycles. The number of hydrogen-bond donors (Lipinski definition) is 4. The molecule has 4 unspecified atom stereocenters. The van der Waals surface area contributed by atoms with E-state index in [1.54, 1.807) is 0 Å². The van der Waals surface area contributed by atoms with Crippen LogP contribution in [0, 0.1) is 0 Å². The van der Waals surface area contributed by atoms with Gasteiger partial charge in [-0.3, -0.25) is 26.4 Å². The molecule has 0 bridgehead atoms. The summed E-state index contributed by atoms with van der Waals surface area (Å²) in [6, 6.07) is 9.45. The second kappa shape index (κ2) is 14.0. The van der Waals surface area contributed by atoms with Gasteiger partial charge in [-0.05, 0) is 6.42 Å². The van der Waals surface area contributed by atoms with E-state index in [1.165, 1.54) is 38.0 Å². The van der Waals surface area contributed by atoms with Gasteiger partial charge in [0, 0.05) is 44.0 Å². The minimum Gasteiger partial charge on any atom is -0.350 e. The molecule has 0 radical (unpaired) electrons. The molecule has 0 aliphatic rings. The molecular formula is C16H27NO10P6S. The van der Waals surface area contributed by atoms with Gasteiger partial charge in [-0.2, -0.15) is 0 Å². The van der Waals surface area contributed by atoms with Gasteiger partial charge in [0.05, 0.1) is 10.7 Å². The van der Waals surface area contributed by atoms with Crippen LogP contribution in [0.15, 0.2) is 35.7 Å². The van der Waals surface area contributed by atoms with Gasteiger partial charge in [-0.25, -0.2) is 4.98 Å². The lowest BCUT2D eigenvalue weighted by atomic mass is 10.2. The molecule has 4 N–H and O–H groups in total. The summed E-state index contributed by atoms with van der Waals surface area (Å²) >= 11 is 1.33. The van der Waals surface area contributed by atoms with Crippen molar-refractivity contribution < 1.29 is 45.9 Å². The first-order chi connectivity index (χ1) is 15.8. The quantitative estimate of drug-likeness (QED) is 0.178. The Hall–Kier alpha value is 0.710. The average molecular weight is 611 g/mol. The summed E-state index contributed by atoms with van der Waals surface area (Å²) in [5.41, 5.74) is 1.63. The lowest BCUT2D eigenvalue weighted by Crippen LogP contribution is -2.15. The lowest BCUT2D eigenvalue weighted by molar-refractivity contribution is 0.347. The Kier molecular flexibility index (Phi) is 12.8. The van der Waals surface area contributed by atoms with E-state index < -0.39 is 54.1 Å². The normalized spacial score (nSPS) is 20.0.